The molecule has 0 aromatic carbocycles. The second-order valence-corrected chi connectivity index (χ2v) is 6.21. The maximum absolute atomic E-state index is 11.3. The van der Waals surface area contributed by atoms with E-state index < -0.39 is 0 Å². The number of nitrogens with zero attached hydrogens (tertiary/aromatic N) is 4. The van der Waals surface area contributed by atoms with Gasteiger partial charge < -0.3 is 4.90 Å². The molecule has 0 unspecified atom stereocenters. The van der Waals surface area contributed by atoms with E-state index in [4.69, 9.17) is 11.6 Å². The zero-order chi connectivity index (χ0) is 14.9. The second-order valence-electron chi connectivity index (χ2n) is 4.42. The Kier molecular flexibility index (Phi) is 4.29. The molecule has 2 aromatic rings. The first-order valence-electron chi connectivity index (χ1n) is 6.09. The molecule has 8 heteroatoms. The number of thiophene rings is 1. The van der Waals surface area contributed by atoms with Crippen molar-refractivity contribution in [2.45, 2.75) is 19.9 Å². The lowest BCUT2D eigenvalue weighted by atomic mass is 10.3. The fourth-order valence-electron chi connectivity index (χ4n) is 2.16. The van der Waals surface area contributed by atoms with Gasteiger partial charge in [0.25, 0.3) is 0 Å². The van der Waals surface area contributed by atoms with Gasteiger partial charge in [-0.3, -0.25) is 10.1 Å². The van der Waals surface area contributed by atoms with Crippen molar-refractivity contribution in [3.8, 4) is 0 Å². The van der Waals surface area contributed by atoms with Crippen LogP contribution in [0.15, 0.2) is 12.1 Å². The van der Waals surface area contributed by atoms with Gasteiger partial charge in [-0.25, -0.2) is 4.68 Å². The molecule has 0 fully saturated rings. The lowest BCUT2D eigenvalue weighted by molar-refractivity contribution is -0.384. The average Bonchev–Trinajstić information content (AvgIpc) is 2.92. The van der Waals surface area contributed by atoms with Crippen LogP contribution in [0.2, 0.25) is 4.34 Å². The second kappa shape index (κ2) is 5.80. The van der Waals surface area contributed by atoms with Crippen LogP contribution in [0.3, 0.4) is 0 Å². The van der Waals surface area contributed by atoms with Crippen LogP contribution in [0.1, 0.15) is 17.5 Å². The lowest BCUT2D eigenvalue weighted by Crippen LogP contribution is -2.19. The molecule has 0 aliphatic heterocycles. The molecule has 6 nitrogen and oxygen atoms in total. The van der Waals surface area contributed by atoms with E-state index in [2.05, 4.69) is 5.10 Å². The van der Waals surface area contributed by atoms with Gasteiger partial charge in [-0.15, -0.1) is 11.3 Å². The Morgan fingerprint density at radius 3 is 2.75 bits per heavy atom. The summed E-state index contributed by atoms with van der Waals surface area (Å²) >= 11 is 7.37. The highest BCUT2D eigenvalue weighted by molar-refractivity contribution is 7.16. The summed E-state index contributed by atoms with van der Waals surface area (Å²) in [6.07, 6.45) is 0.531. The molecule has 0 saturated heterocycles. The number of rotatable bonds is 5. The van der Waals surface area contributed by atoms with Crippen LogP contribution in [-0.2, 0) is 20.0 Å². The maximum atomic E-state index is 11.3. The summed E-state index contributed by atoms with van der Waals surface area (Å²) in [4.78, 5) is 13.8. The lowest BCUT2D eigenvalue weighted by Gasteiger charge is -2.17. The van der Waals surface area contributed by atoms with E-state index in [1.165, 1.54) is 11.3 Å². The van der Waals surface area contributed by atoms with Crippen LogP contribution in [0.25, 0.3) is 0 Å². The minimum Gasteiger partial charge on any atom is -0.349 e. The fourth-order valence-corrected chi connectivity index (χ4v) is 3.30. The molecule has 0 bridgehead atoms. The van der Waals surface area contributed by atoms with E-state index in [1.54, 1.807) is 11.7 Å². The van der Waals surface area contributed by atoms with Gasteiger partial charge in [-0.2, -0.15) is 5.10 Å². The fraction of sp³-hybridized carbons (Fsp3) is 0.417. The summed E-state index contributed by atoms with van der Waals surface area (Å²) in [5, 5.41) is 15.5. The SMILES string of the molecule is CCc1nn(C)c(N(C)Cc2ccc(Cl)s2)c1[N+](=O)[O-]. The molecule has 0 amide bonds. The zero-order valence-corrected chi connectivity index (χ0v) is 13.0. The van der Waals surface area contributed by atoms with Gasteiger partial charge in [0, 0.05) is 19.0 Å². The zero-order valence-electron chi connectivity index (χ0n) is 11.5. The van der Waals surface area contributed by atoms with Gasteiger partial charge in [0.15, 0.2) is 0 Å². The van der Waals surface area contributed by atoms with Crippen LogP contribution in [0, 0.1) is 10.1 Å². The minimum atomic E-state index is -0.362. The first-order chi connectivity index (χ1) is 9.43. The van der Waals surface area contributed by atoms with E-state index >= 15 is 0 Å². The number of aryl methyl sites for hydroxylation is 2. The minimum absolute atomic E-state index is 0.0835. The van der Waals surface area contributed by atoms with Crippen molar-refractivity contribution < 1.29 is 4.92 Å². The predicted octanol–water partition coefficient (Wildman–Crippen LogP) is 3.24. The number of hydrogen-bond donors (Lipinski definition) is 0. The summed E-state index contributed by atoms with van der Waals surface area (Å²) in [5.74, 6) is 0.511. The van der Waals surface area contributed by atoms with Crippen molar-refractivity contribution in [3.63, 3.8) is 0 Å². The largest absolute Gasteiger partial charge is 0.349 e. The molecular weight excluding hydrogens is 300 g/mol. The average molecular weight is 315 g/mol. The van der Waals surface area contributed by atoms with Gasteiger partial charge in [-0.05, 0) is 18.6 Å². The normalized spacial score (nSPS) is 10.8. The Hall–Kier alpha value is -1.60. The monoisotopic (exact) mass is 314 g/mol. The van der Waals surface area contributed by atoms with E-state index in [0.29, 0.717) is 28.8 Å². The summed E-state index contributed by atoms with van der Waals surface area (Å²) in [7, 11) is 3.54. The molecule has 2 heterocycles. The summed E-state index contributed by atoms with van der Waals surface area (Å²) < 4.78 is 2.27. The van der Waals surface area contributed by atoms with Crippen molar-refractivity contribution >= 4 is 34.4 Å². The van der Waals surface area contributed by atoms with Crippen LogP contribution >= 0.6 is 22.9 Å². The van der Waals surface area contributed by atoms with Gasteiger partial charge in [0.2, 0.25) is 5.82 Å². The highest BCUT2D eigenvalue weighted by atomic mass is 35.5. The number of hydrogen-bond acceptors (Lipinski definition) is 5. The van der Waals surface area contributed by atoms with E-state index in [-0.39, 0.29) is 10.6 Å². The highest BCUT2D eigenvalue weighted by Crippen LogP contribution is 2.32. The summed E-state index contributed by atoms with van der Waals surface area (Å²) in [5.41, 5.74) is 0.587. The Bertz CT molecular complexity index is 637. The van der Waals surface area contributed by atoms with E-state index in [1.807, 2.05) is 31.0 Å². The highest BCUT2D eigenvalue weighted by Gasteiger charge is 2.28. The smallest absolute Gasteiger partial charge is 0.334 e. The molecule has 0 saturated carbocycles. The molecule has 108 valence electrons. The van der Waals surface area contributed by atoms with Crippen LogP contribution in [0.5, 0.6) is 0 Å². The van der Waals surface area contributed by atoms with E-state index in [9.17, 15) is 10.1 Å². The van der Waals surface area contributed by atoms with Gasteiger partial charge in [-0.1, -0.05) is 18.5 Å². The van der Waals surface area contributed by atoms with Crippen molar-refractivity contribution in [3.05, 3.63) is 37.2 Å². The van der Waals surface area contributed by atoms with Crippen molar-refractivity contribution in [2.75, 3.05) is 11.9 Å². The molecule has 2 rings (SSSR count). The Morgan fingerprint density at radius 2 is 2.25 bits per heavy atom. The van der Waals surface area contributed by atoms with Crippen molar-refractivity contribution in [1.82, 2.24) is 9.78 Å². The number of halogens is 1. The molecule has 0 N–H and O–H groups in total. The van der Waals surface area contributed by atoms with E-state index in [0.717, 1.165) is 4.88 Å². The summed E-state index contributed by atoms with van der Waals surface area (Å²) in [6, 6.07) is 3.75. The molecule has 20 heavy (non-hydrogen) atoms. The van der Waals surface area contributed by atoms with Crippen LogP contribution in [-0.4, -0.2) is 21.8 Å². The third kappa shape index (κ3) is 2.78. The van der Waals surface area contributed by atoms with Gasteiger partial charge in [0.1, 0.15) is 5.69 Å². The molecule has 0 spiro atoms. The molecule has 0 atom stereocenters. The van der Waals surface area contributed by atoms with Crippen LogP contribution < -0.4 is 4.90 Å². The van der Waals surface area contributed by atoms with Crippen molar-refractivity contribution in [1.29, 1.82) is 0 Å². The number of nitro groups is 1. The Labute approximate surface area is 125 Å². The molecule has 2 aromatic heterocycles. The predicted molar refractivity (Wildman–Crippen MR) is 80.7 cm³/mol. The quantitative estimate of drug-likeness (QED) is 0.628. The molecule has 0 aliphatic rings. The third-order valence-corrected chi connectivity index (χ3v) is 4.18. The molecule has 0 radical (unpaired) electrons. The standard InChI is InChI=1S/C12H15ClN4O2S/c1-4-9-11(17(18)19)12(16(3)14-9)15(2)7-8-5-6-10(13)20-8/h5-6H,4,7H2,1-3H3. The third-order valence-electron chi connectivity index (χ3n) is 2.96. The Morgan fingerprint density at radius 1 is 1.55 bits per heavy atom. The first kappa shape index (κ1) is 14.8. The summed E-state index contributed by atoms with van der Waals surface area (Å²) in [6.45, 7) is 2.42. The number of anilines is 1. The first-order valence-corrected chi connectivity index (χ1v) is 7.29. The topological polar surface area (TPSA) is 64.2 Å². The van der Waals surface area contributed by atoms with Gasteiger partial charge >= 0.3 is 5.69 Å². The molecular formula is C12H15ClN4O2S. The van der Waals surface area contributed by atoms with Gasteiger partial charge in [0.05, 0.1) is 15.8 Å². The maximum Gasteiger partial charge on any atom is 0.334 e. The Balaban J connectivity index is 2.36. The van der Waals surface area contributed by atoms with Crippen LogP contribution in [0.4, 0.5) is 11.5 Å². The van der Waals surface area contributed by atoms with Crippen molar-refractivity contribution in [2.24, 2.45) is 7.05 Å². The number of aromatic nitrogens is 2. The molecule has 0 aliphatic carbocycles.